The summed E-state index contributed by atoms with van der Waals surface area (Å²) in [5, 5.41) is 5.15. The zero-order valence-electron chi connectivity index (χ0n) is 24.5. The molecule has 0 unspecified atom stereocenters. The normalized spacial score (nSPS) is 20.3. The number of carbonyl (C=O) groups is 1. The van der Waals surface area contributed by atoms with Crippen LogP contribution in [0.4, 0.5) is 20.2 Å². The van der Waals surface area contributed by atoms with Gasteiger partial charge in [0.1, 0.15) is 0 Å². The van der Waals surface area contributed by atoms with Gasteiger partial charge in [-0.1, -0.05) is 12.6 Å². The lowest BCUT2D eigenvalue weighted by Gasteiger charge is -2.35. The fraction of sp³-hybridized carbons (Fsp3) is 0.438. The molecule has 3 heterocycles. The fourth-order valence-electron chi connectivity index (χ4n) is 6.93. The van der Waals surface area contributed by atoms with Gasteiger partial charge in [-0.3, -0.25) is 9.48 Å². The number of nitrogens with zero attached hydrogens (tertiary/aromatic N) is 4. The van der Waals surface area contributed by atoms with Crippen LogP contribution in [0.25, 0.3) is 11.1 Å². The first-order valence-corrected chi connectivity index (χ1v) is 16.3. The van der Waals surface area contributed by atoms with Crippen LogP contribution in [0.5, 0.6) is 0 Å². The lowest BCUT2D eigenvalue weighted by molar-refractivity contribution is -0.129. The molecule has 0 atom stereocenters. The maximum atomic E-state index is 14.5. The summed E-state index contributed by atoms with van der Waals surface area (Å²) in [5.41, 5.74) is 7.25. The Balaban J connectivity index is 1.39. The van der Waals surface area contributed by atoms with E-state index in [0.717, 1.165) is 64.7 Å². The number of halogens is 2. The molecule has 1 aliphatic carbocycles. The molecule has 1 saturated carbocycles. The number of benzene rings is 2. The molecule has 11 heteroatoms. The van der Waals surface area contributed by atoms with Crippen molar-refractivity contribution in [1.29, 1.82) is 0 Å². The Labute approximate surface area is 251 Å². The Morgan fingerprint density at radius 1 is 1.09 bits per heavy atom. The van der Waals surface area contributed by atoms with Gasteiger partial charge in [-0.05, 0) is 84.9 Å². The predicted molar refractivity (Wildman–Crippen MR) is 163 cm³/mol. The summed E-state index contributed by atoms with van der Waals surface area (Å²) >= 11 is 0. The maximum absolute atomic E-state index is 14.5. The van der Waals surface area contributed by atoms with Crippen molar-refractivity contribution in [1.82, 2.24) is 19.4 Å². The van der Waals surface area contributed by atoms with Gasteiger partial charge in [0.15, 0.2) is 0 Å². The van der Waals surface area contributed by atoms with Crippen LogP contribution in [0.3, 0.4) is 0 Å². The van der Waals surface area contributed by atoms with Crippen molar-refractivity contribution in [3.63, 3.8) is 0 Å². The molecule has 1 amide bonds. The third kappa shape index (κ3) is 5.84. The number of carbonyl (C=O) groups excluding carboxylic acids is 1. The van der Waals surface area contributed by atoms with Gasteiger partial charge in [0.2, 0.25) is 15.9 Å². The Morgan fingerprint density at radius 3 is 2.51 bits per heavy atom. The van der Waals surface area contributed by atoms with Gasteiger partial charge in [0.25, 0.3) is 6.43 Å². The highest BCUT2D eigenvalue weighted by Gasteiger charge is 2.32. The van der Waals surface area contributed by atoms with Crippen molar-refractivity contribution in [3.8, 4) is 11.1 Å². The zero-order chi connectivity index (χ0) is 30.5. The van der Waals surface area contributed by atoms with Crippen LogP contribution >= 0.6 is 0 Å². The monoisotopic (exact) mass is 609 g/mol. The fourth-order valence-corrected chi connectivity index (χ4v) is 7.73. The Kier molecular flexibility index (Phi) is 7.89. The predicted octanol–water partition coefficient (Wildman–Crippen LogP) is 6.06. The third-order valence-corrected chi connectivity index (χ3v) is 10.3. The van der Waals surface area contributed by atoms with Crippen molar-refractivity contribution < 1.29 is 22.0 Å². The van der Waals surface area contributed by atoms with E-state index in [2.05, 4.69) is 33.4 Å². The number of fused-ring (bicyclic) bond motifs is 2. The van der Waals surface area contributed by atoms with Gasteiger partial charge in [0, 0.05) is 79.3 Å². The molecule has 1 fully saturated rings. The summed E-state index contributed by atoms with van der Waals surface area (Å²) in [4.78, 5) is 16.4. The van der Waals surface area contributed by atoms with Gasteiger partial charge < -0.3 is 9.80 Å². The first-order chi connectivity index (χ1) is 20.5. The Hall–Kier alpha value is -3.57. The second-order valence-corrected chi connectivity index (χ2v) is 13.6. The minimum Gasteiger partial charge on any atom is -0.341 e. The van der Waals surface area contributed by atoms with E-state index in [1.165, 1.54) is 0 Å². The molecule has 43 heavy (non-hydrogen) atoms. The molecule has 8 nitrogen and oxygen atoms in total. The van der Waals surface area contributed by atoms with Crippen molar-refractivity contribution in [2.24, 2.45) is 7.05 Å². The van der Waals surface area contributed by atoms with Crippen LogP contribution in [0.1, 0.15) is 79.2 Å². The molecule has 0 saturated heterocycles. The van der Waals surface area contributed by atoms with Crippen molar-refractivity contribution >= 4 is 27.3 Å². The number of aryl methyl sites for hydroxylation is 2. The summed E-state index contributed by atoms with van der Waals surface area (Å²) in [5.74, 6) is 0.229. The smallest absolute Gasteiger partial charge is 0.264 e. The molecular formula is C32H37F2N5O3S. The van der Waals surface area contributed by atoms with Gasteiger partial charge >= 0.3 is 0 Å². The molecule has 1 N–H and O–H groups in total. The van der Waals surface area contributed by atoms with E-state index < -0.39 is 16.4 Å². The van der Waals surface area contributed by atoms with Crippen molar-refractivity contribution in [3.05, 3.63) is 76.5 Å². The number of alkyl halides is 2. The number of sulfonamides is 1. The number of rotatable bonds is 7. The van der Waals surface area contributed by atoms with E-state index >= 15 is 0 Å². The van der Waals surface area contributed by atoms with Crippen LogP contribution in [0.15, 0.2) is 48.6 Å². The van der Waals surface area contributed by atoms with Crippen LogP contribution in [-0.2, 0) is 41.4 Å². The highest BCUT2D eigenvalue weighted by molar-refractivity contribution is 7.92. The first-order valence-electron chi connectivity index (χ1n) is 14.8. The minimum absolute atomic E-state index is 0.00106. The highest BCUT2D eigenvalue weighted by atomic mass is 32.2. The van der Waals surface area contributed by atoms with Crippen molar-refractivity contribution in [2.45, 2.75) is 76.9 Å². The van der Waals surface area contributed by atoms with E-state index in [1.54, 1.807) is 37.1 Å². The molecule has 0 radical (unpaired) electrons. The molecule has 6 rings (SSSR count). The standard InChI is InChI=1S/C32H37F2N5O3S/c1-4-43(41,42)36-26-9-7-21(8-10-26)23-12-24-18-38(20(2)40)19-29(24)31(14-23)39-11-5-6-22-13-27(25-16-35-37(3)17-25)28(32(33)34)15-30(22)39/h4,12-17,21,26,32,36H,1,5-11,18-19H2,2-3H3. The summed E-state index contributed by atoms with van der Waals surface area (Å²) in [7, 11) is -1.72. The first kappa shape index (κ1) is 29.5. The summed E-state index contributed by atoms with van der Waals surface area (Å²) < 4.78 is 57.4. The number of amides is 1. The molecule has 0 bridgehead atoms. The van der Waals surface area contributed by atoms with Crippen molar-refractivity contribution in [2.75, 3.05) is 11.4 Å². The van der Waals surface area contributed by atoms with Crippen LogP contribution in [0, 0.1) is 0 Å². The van der Waals surface area contributed by atoms with Gasteiger partial charge in [-0.15, -0.1) is 0 Å². The Bertz CT molecular complexity index is 1680. The molecule has 0 spiro atoms. The molecule has 2 aliphatic heterocycles. The summed E-state index contributed by atoms with van der Waals surface area (Å²) in [6.45, 7) is 6.65. The molecule has 2 aromatic carbocycles. The molecule has 3 aromatic rings. The topological polar surface area (TPSA) is 87.5 Å². The van der Waals surface area contributed by atoms with E-state index in [0.29, 0.717) is 43.6 Å². The van der Waals surface area contributed by atoms with Gasteiger partial charge in [-0.25, -0.2) is 21.9 Å². The average Bonchev–Trinajstić information content (AvgIpc) is 3.62. The van der Waals surface area contributed by atoms with E-state index in [4.69, 9.17) is 0 Å². The second kappa shape index (κ2) is 11.5. The second-order valence-electron chi connectivity index (χ2n) is 12.0. The van der Waals surface area contributed by atoms with E-state index in [9.17, 15) is 22.0 Å². The summed E-state index contributed by atoms with van der Waals surface area (Å²) in [6, 6.07) is 7.80. The number of anilines is 2. The minimum atomic E-state index is -3.49. The largest absolute Gasteiger partial charge is 0.341 e. The third-order valence-electron chi connectivity index (χ3n) is 9.16. The average molecular weight is 610 g/mol. The van der Waals surface area contributed by atoms with Crippen LogP contribution in [-0.4, -0.2) is 41.6 Å². The highest BCUT2D eigenvalue weighted by Crippen LogP contribution is 2.46. The van der Waals surface area contributed by atoms with Gasteiger partial charge in [-0.2, -0.15) is 5.10 Å². The summed E-state index contributed by atoms with van der Waals surface area (Å²) in [6.07, 6.45) is 5.46. The van der Waals surface area contributed by atoms with Crippen LogP contribution < -0.4 is 9.62 Å². The molecule has 228 valence electrons. The lowest BCUT2D eigenvalue weighted by atomic mass is 9.81. The molecule has 1 aromatic heterocycles. The number of nitrogens with one attached hydrogen (secondary N) is 1. The maximum Gasteiger partial charge on any atom is 0.264 e. The number of hydrogen-bond acceptors (Lipinski definition) is 5. The van der Waals surface area contributed by atoms with Gasteiger partial charge in [0.05, 0.1) is 6.20 Å². The molecular weight excluding hydrogens is 572 g/mol. The SMILES string of the molecule is C=CS(=O)(=O)NC1CCC(c2cc3c(c(N4CCCc5cc(-c6cnn(C)c6)c(C(F)F)cc54)c2)CN(C(C)=O)C3)CC1. The lowest BCUT2D eigenvalue weighted by Crippen LogP contribution is -2.36. The Morgan fingerprint density at radius 2 is 1.86 bits per heavy atom. The quantitative estimate of drug-likeness (QED) is 0.352. The van der Waals surface area contributed by atoms with E-state index in [-0.39, 0.29) is 23.4 Å². The zero-order valence-corrected chi connectivity index (χ0v) is 25.3. The van der Waals surface area contributed by atoms with Crippen LogP contribution in [0.2, 0.25) is 0 Å². The molecule has 3 aliphatic rings. The number of hydrogen-bond donors (Lipinski definition) is 1. The number of aromatic nitrogens is 2. The van der Waals surface area contributed by atoms with E-state index in [1.807, 2.05) is 11.0 Å².